The van der Waals surface area contributed by atoms with Crippen LogP contribution in [0.5, 0.6) is 0 Å². The first-order valence-electron chi connectivity index (χ1n) is 7.01. The molecule has 1 N–H and O–H groups in total. The standard InChI is InChI=1S/C15H10N6O2S/c22-21(23)12-8-6-11(7-9-12)19-14-17-16-13(20(14)18-15(19)24)10-4-2-1-3-5-10/h1-9H,(H,18,24). The summed E-state index contributed by atoms with van der Waals surface area (Å²) in [6.07, 6.45) is 0. The summed E-state index contributed by atoms with van der Waals surface area (Å²) in [4.78, 5) is 10.3. The van der Waals surface area contributed by atoms with Crippen LogP contribution in [0, 0.1) is 14.9 Å². The van der Waals surface area contributed by atoms with Crippen molar-refractivity contribution < 1.29 is 4.92 Å². The van der Waals surface area contributed by atoms with Crippen LogP contribution in [-0.4, -0.2) is 29.3 Å². The molecular weight excluding hydrogens is 328 g/mol. The number of aromatic nitrogens is 5. The predicted octanol–water partition coefficient (Wildman–Crippen LogP) is 3.15. The van der Waals surface area contributed by atoms with Gasteiger partial charge in [0, 0.05) is 17.7 Å². The minimum atomic E-state index is -0.444. The Morgan fingerprint density at radius 1 is 1.04 bits per heavy atom. The largest absolute Gasteiger partial charge is 0.269 e. The van der Waals surface area contributed by atoms with Gasteiger partial charge in [0.2, 0.25) is 0 Å². The van der Waals surface area contributed by atoms with Gasteiger partial charge in [-0.1, -0.05) is 30.3 Å². The van der Waals surface area contributed by atoms with Crippen molar-refractivity contribution in [3.8, 4) is 17.1 Å². The third-order valence-electron chi connectivity index (χ3n) is 3.61. The first-order valence-corrected chi connectivity index (χ1v) is 7.42. The smallest absolute Gasteiger partial charge is 0.264 e. The fraction of sp³-hybridized carbons (Fsp3) is 0. The fourth-order valence-electron chi connectivity index (χ4n) is 2.49. The van der Waals surface area contributed by atoms with Crippen molar-refractivity contribution in [1.29, 1.82) is 0 Å². The van der Waals surface area contributed by atoms with Crippen molar-refractivity contribution in [3.05, 3.63) is 69.5 Å². The third kappa shape index (κ3) is 2.18. The van der Waals surface area contributed by atoms with E-state index < -0.39 is 4.92 Å². The Balaban J connectivity index is 1.88. The van der Waals surface area contributed by atoms with E-state index in [-0.39, 0.29) is 5.69 Å². The predicted molar refractivity (Wildman–Crippen MR) is 89.6 cm³/mol. The number of rotatable bonds is 3. The molecule has 0 fully saturated rings. The average Bonchev–Trinajstić information content (AvgIpc) is 3.13. The summed E-state index contributed by atoms with van der Waals surface area (Å²) in [5, 5.41) is 22.2. The van der Waals surface area contributed by atoms with E-state index >= 15 is 0 Å². The molecule has 9 heteroatoms. The highest BCUT2D eigenvalue weighted by Gasteiger charge is 2.15. The number of nitro groups is 1. The molecule has 4 aromatic rings. The van der Waals surface area contributed by atoms with Crippen LogP contribution < -0.4 is 0 Å². The van der Waals surface area contributed by atoms with Crippen LogP contribution >= 0.6 is 12.2 Å². The molecule has 0 saturated heterocycles. The highest BCUT2D eigenvalue weighted by molar-refractivity contribution is 7.71. The number of H-pyrrole nitrogens is 1. The summed E-state index contributed by atoms with van der Waals surface area (Å²) < 4.78 is 3.79. The molecule has 0 saturated carbocycles. The minimum absolute atomic E-state index is 0.0169. The molecule has 4 rings (SSSR count). The Bertz CT molecular complexity index is 1090. The lowest BCUT2D eigenvalue weighted by Gasteiger charge is -2.00. The minimum Gasteiger partial charge on any atom is -0.264 e. The number of nitro benzene ring substituents is 1. The number of fused-ring (bicyclic) bond motifs is 1. The molecule has 0 unspecified atom stereocenters. The van der Waals surface area contributed by atoms with Crippen molar-refractivity contribution in [2.24, 2.45) is 0 Å². The van der Waals surface area contributed by atoms with E-state index in [2.05, 4.69) is 15.3 Å². The first kappa shape index (κ1) is 14.3. The lowest BCUT2D eigenvalue weighted by Crippen LogP contribution is -1.96. The Morgan fingerprint density at radius 3 is 2.42 bits per heavy atom. The second-order valence-electron chi connectivity index (χ2n) is 5.05. The molecule has 0 aliphatic carbocycles. The molecule has 0 aliphatic heterocycles. The number of nitrogens with zero attached hydrogens (tertiary/aromatic N) is 5. The second-order valence-corrected chi connectivity index (χ2v) is 5.44. The van der Waals surface area contributed by atoms with Gasteiger partial charge in [-0.15, -0.1) is 10.2 Å². The van der Waals surface area contributed by atoms with Crippen molar-refractivity contribution in [1.82, 2.24) is 24.4 Å². The molecular formula is C15H10N6O2S. The Hall–Kier alpha value is -3.33. The van der Waals surface area contributed by atoms with Crippen LogP contribution in [0.2, 0.25) is 0 Å². The fourth-order valence-corrected chi connectivity index (χ4v) is 2.77. The lowest BCUT2D eigenvalue weighted by molar-refractivity contribution is -0.384. The van der Waals surface area contributed by atoms with Crippen LogP contribution in [0.15, 0.2) is 54.6 Å². The molecule has 0 atom stereocenters. The normalized spacial score (nSPS) is 11.0. The zero-order chi connectivity index (χ0) is 16.7. The summed E-state index contributed by atoms with van der Waals surface area (Å²) in [6.45, 7) is 0. The van der Waals surface area contributed by atoms with Gasteiger partial charge < -0.3 is 0 Å². The van der Waals surface area contributed by atoms with Crippen LogP contribution in [0.1, 0.15) is 0 Å². The third-order valence-corrected chi connectivity index (χ3v) is 3.88. The maximum Gasteiger partial charge on any atom is 0.269 e. The van der Waals surface area contributed by atoms with E-state index in [0.29, 0.717) is 22.1 Å². The second kappa shape index (κ2) is 5.39. The summed E-state index contributed by atoms with van der Waals surface area (Å²) >= 11 is 5.37. The van der Waals surface area contributed by atoms with Crippen molar-refractivity contribution in [2.75, 3.05) is 0 Å². The molecule has 0 bridgehead atoms. The highest BCUT2D eigenvalue weighted by Crippen LogP contribution is 2.21. The molecule has 0 aliphatic rings. The van der Waals surface area contributed by atoms with Gasteiger partial charge >= 0.3 is 0 Å². The van der Waals surface area contributed by atoms with E-state index in [0.717, 1.165) is 5.56 Å². The number of hydrogen-bond donors (Lipinski definition) is 1. The molecule has 2 aromatic carbocycles. The van der Waals surface area contributed by atoms with Gasteiger partial charge in [-0.3, -0.25) is 19.8 Å². The molecule has 0 spiro atoms. The van der Waals surface area contributed by atoms with Crippen LogP contribution in [-0.2, 0) is 0 Å². The van der Waals surface area contributed by atoms with E-state index in [4.69, 9.17) is 12.2 Å². The molecule has 2 aromatic heterocycles. The zero-order valence-electron chi connectivity index (χ0n) is 12.2. The summed E-state index contributed by atoms with van der Waals surface area (Å²) in [7, 11) is 0. The van der Waals surface area contributed by atoms with Crippen molar-refractivity contribution in [3.63, 3.8) is 0 Å². The van der Waals surface area contributed by atoms with Crippen LogP contribution in [0.3, 0.4) is 0 Å². The molecule has 24 heavy (non-hydrogen) atoms. The maximum atomic E-state index is 10.8. The first-order chi connectivity index (χ1) is 11.6. The van der Waals surface area contributed by atoms with Crippen molar-refractivity contribution in [2.45, 2.75) is 0 Å². The van der Waals surface area contributed by atoms with Gasteiger partial charge in [0.05, 0.1) is 10.6 Å². The maximum absolute atomic E-state index is 10.8. The van der Waals surface area contributed by atoms with E-state index in [1.165, 1.54) is 12.1 Å². The quantitative estimate of drug-likeness (QED) is 0.352. The molecule has 118 valence electrons. The Labute approximate surface area is 140 Å². The summed E-state index contributed by atoms with van der Waals surface area (Å²) in [6, 6.07) is 15.7. The van der Waals surface area contributed by atoms with E-state index in [1.807, 2.05) is 30.3 Å². The summed E-state index contributed by atoms with van der Waals surface area (Å²) in [5.74, 6) is 1.14. The Morgan fingerprint density at radius 2 is 1.75 bits per heavy atom. The number of benzene rings is 2. The Kier molecular flexibility index (Phi) is 3.21. The highest BCUT2D eigenvalue weighted by atomic mass is 32.1. The number of nitrogens with one attached hydrogen (secondary N) is 1. The lowest BCUT2D eigenvalue weighted by atomic mass is 10.2. The monoisotopic (exact) mass is 338 g/mol. The van der Waals surface area contributed by atoms with Crippen LogP contribution in [0.25, 0.3) is 22.9 Å². The van der Waals surface area contributed by atoms with Gasteiger partial charge in [0.25, 0.3) is 11.5 Å². The van der Waals surface area contributed by atoms with Gasteiger partial charge in [-0.05, 0) is 24.4 Å². The van der Waals surface area contributed by atoms with Gasteiger partial charge in [-0.25, -0.2) is 0 Å². The molecule has 8 nitrogen and oxygen atoms in total. The molecule has 0 amide bonds. The van der Waals surface area contributed by atoms with Crippen molar-refractivity contribution >= 4 is 23.7 Å². The van der Waals surface area contributed by atoms with Crippen LogP contribution in [0.4, 0.5) is 5.69 Å². The molecule has 0 radical (unpaired) electrons. The number of non-ortho nitro benzene ring substituents is 1. The summed E-state index contributed by atoms with van der Waals surface area (Å²) in [5.41, 5.74) is 1.59. The topological polar surface area (TPSA) is 94.0 Å². The van der Waals surface area contributed by atoms with E-state index in [9.17, 15) is 10.1 Å². The SMILES string of the molecule is O=[N+]([O-])c1ccc(-n2c(=S)[nH]n3c(-c4ccccc4)nnc23)cc1. The van der Waals surface area contributed by atoms with Gasteiger partial charge in [0.1, 0.15) is 0 Å². The van der Waals surface area contributed by atoms with E-state index in [1.54, 1.807) is 21.2 Å². The number of hydrogen-bond acceptors (Lipinski definition) is 5. The number of aromatic amines is 1. The van der Waals surface area contributed by atoms with Gasteiger partial charge in [-0.2, -0.15) is 4.52 Å². The van der Waals surface area contributed by atoms with Gasteiger partial charge in [0.15, 0.2) is 10.6 Å². The zero-order valence-corrected chi connectivity index (χ0v) is 13.0. The molecule has 2 heterocycles. The average molecular weight is 338 g/mol.